The quantitative estimate of drug-likeness (QED) is 0.596. The number of carbonyl (C=O) groups excluding carboxylic acids is 1. The van der Waals surface area contributed by atoms with E-state index in [4.69, 9.17) is 18.6 Å². The zero-order chi connectivity index (χ0) is 16.9. The molecular weight excluding hydrogens is 344 g/mol. The van der Waals surface area contributed by atoms with Crippen LogP contribution in [-0.4, -0.2) is 5.91 Å². The van der Waals surface area contributed by atoms with Gasteiger partial charge < -0.3 is 0 Å². The Labute approximate surface area is 139 Å². The minimum Gasteiger partial charge on any atom is -0.263 e. The van der Waals surface area contributed by atoms with Crippen LogP contribution in [0.2, 0.25) is 0 Å². The number of nitrogens with zero attached hydrogens (tertiary/aromatic N) is 1. The van der Waals surface area contributed by atoms with Crippen molar-refractivity contribution >= 4 is 17.4 Å². The Morgan fingerprint density at radius 3 is 2.30 bits per heavy atom. The molecule has 1 N–H and O–H groups in total. The minimum absolute atomic E-state index is 0.0563. The normalized spacial score (nSPS) is 13.6. The smallest absolute Gasteiger partial charge is 0.263 e. The molecule has 0 radical (unpaired) electrons. The van der Waals surface area contributed by atoms with E-state index in [1.807, 2.05) is 34.4 Å². The third-order valence-electron chi connectivity index (χ3n) is 3.19. The molecule has 0 spiro atoms. The van der Waals surface area contributed by atoms with Gasteiger partial charge in [0.15, 0.2) is 11.5 Å². The average molecular weight is 359 g/mol. The first-order valence-corrected chi connectivity index (χ1v) is 8.85. The molecule has 1 heterocycles. The molecule has 1 aromatic heterocycles. The maximum atomic E-state index is 12.0. The van der Waals surface area contributed by atoms with Gasteiger partial charge in [-0.1, -0.05) is 18.2 Å². The van der Waals surface area contributed by atoms with Gasteiger partial charge in [0.25, 0.3) is 0 Å². The Morgan fingerprint density at radius 1 is 1.09 bits per heavy atom. The minimum atomic E-state index is -4.94. The van der Waals surface area contributed by atoms with Gasteiger partial charge in [0.2, 0.25) is 6.20 Å². The number of aryl methyl sites for hydroxylation is 2. The SMILES string of the molecule is O=C(N[n+]1cc2c(s1)CCCC2)c1ccccc1.[O-][Cl+3]([O-])([O-])[O-]. The molecule has 0 aliphatic heterocycles. The maximum absolute atomic E-state index is 12.0. The lowest BCUT2D eigenvalue weighted by Gasteiger charge is -2.17. The molecule has 1 aromatic carbocycles. The summed E-state index contributed by atoms with van der Waals surface area (Å²) in [6.45, 7) is 0. The van der Waals surface area contributed by atoms with Gasteiger partial charge in [-0.2, -0.15) is 0 Å². The van der Waals surface area contributed by atoms with Crippen molar-refractivity contribution in [1.29, 1.82) is 0 Å². The molecule has 1 aliphatic carbocycles. The van der Waals surface area contributed by atoms with Gasteiger partial charge in [0.05, 0.1) is 4.88 Å². The van der Waals surface area contributed by atoms with Gasteiger partial charge in [-0.25, -0.2) is 18.6 Å². The summed E-state index contributed by atoms with van der Waals surface area (Å²) >= 11 is 1.64. The van der Waals surface area contributed by atoms with E-state index in [-0.39, 0.29) is 5.91 Å². The van der Waals surface area contributed by atoms with Crippen LogP contribution in [0.1, 0.15) is 33.6 Å². The molecule has 7 nitrogen and oxygen atoms in total. The van der Waals surface area contributed by atoms with Crippen molar-refractivity contribution in [2.24, 2.45) is 0 Å². The Morgan fingerprint density at radius 2 is 1.70 bits per heavy atom. The van der Waals surface area contributed by atoms with Gasteiger partial charge in [0, 0.05) is 11.1 Å². The summed E-state index contributed by atoms with van der Waals surface area (Å²) < 4.78 is 35.8. The summed E-state index contributed by atoms with van der Waals surface area (Å²) in [4.78, 5) is 13.4. The lowest BCUT2D eigenvalue weighted by Crippen LogP contribution is -2.68. The van der Waals surface area contributed by atoms with E-state index in [0.29, 0.717) is 5.56 Å². The Kier molecular flexibility index (Phi) is 6.05. The number of carbonyl (C=O) groups is 1. The monoisotopic (exact) mass is 358 g/mol. The first-order chi connectivity index (χ1) is 10.8. The standard InChI is InChI=1S/C14H14N2OS.ClHO4/c17-14(11-6-2-1-3-7-11)15-16-10-12-8-4-5-9-13(12)18-16;2-1(3,4)5/h1-3,6-7,10H,4-5,8-9H2;(H,2,3,4,5). The summed E-state index contributed by atoms with van der Waals surface area (Å²) in [5, 5.41) is 0. The molecule has 2 aromatic rings. The lowest BCUT2D eigenvalue weighted by molar-refractivity contribution is -2.00. The van der Waals surface area contributed by atoms with Gasteiger partial charge >= 0.3 is 5.91 Å². The summed E-state index contributed by atoms with van der Waals surface area (Å²) in [6, 6.07) is 9.30. The van der Waals surface area contributed by atoms with E-state index < -0.39 is 10.2 Å². The summed E-state index contributed by atoms with van der Waals surface area (Å²) in [5.41, 5.74) is 4.99. The molecule has 0 saturated carbocycles. The molecule has 1 aliphatic rings. The summed E-state index contributed by atoms with van der Waals surface area (Å²) in [7, 11) is -4.94. The Balaban J connectivity index is 0.000000338. The number of hydrogen-bond acceptors (Lipinski definition) is 6. The molecule has 9 heteroatoms. The zero-order valence-corrected chi connectivity index (χ0v) is 13.6. The van der Waals surface area contributed by atoms with Crippen LogP contribution in [0.3, 0.4) is 0 Å². The van der Waals surface area contributed by atoms with E-state index in [1.54, 1.807) is 11.5 Å². The van der Waals surface area contributed by atoms with Crippen LogP contribution >= 0.6 is 11.5 Å². The number of fused-ring (bicyclic) bond motifs is 1. The van der Waals surface area contributed by atoms with Crippen molar-refractivity contribution in [3.8, 4) is 0 Å². The molecule has 3 rings (SSSR count). The van der Waals surface area contributed by atoms with E-state index in [1.165, 1.54) is 23.3 Å². The van der Waals surface area contributed by atoms with Crippen LogP contribution < -0.4 is 28.1 Å². The second-order valence-corrected chi connectivity index (χ2v) is 6.71. The number of halogens is 1. The second kappa shape index (κ2) is 7.82. The predicted molar refractivity (Wildman–Crippen MR) is 71.3 cm³/mol. The third-order valence-corrected chi connectivity index (χ3v) is 4.27. The lowest BCUT2D eigenvalue weighted by atomic mass is 10.0. The highest BCUT2D eigenvalue weighted by atomic mass is 35.7. The first kappa shape index (κ1) is 17.8. The van der Waals surface area contributed by atoms with Crippen LogP contribution in [0.5, 0.6) is 0 Å². The number of amides is 1. The van der Waals surface area contributed by atoms with E-state index in [2.05, 4.69) is 11.6 Å². The van der Waals surface area contributed by atoms with Crippen LogP contribution in [-0.2, 0) is 12.8 Å². The van der Waals surface area contributed by atoms with E-state index in [9.17, 15) is 4.79 Å². The molecular formula is C14H15ClN2O5S. The maximum Gasteiger partial charge on any atom is 0.306 e. The van der Waals surface area contributed by atoms with Gasteiger partial charge in [-0.3, -0.25) is 4.79 Å². The topological polar surface area (TPSA) is 125 Å². The van der Waals surface area contributed by atoms with Crippen molar-refractivity contribution in [3.05, 3.63) is 52.5 Å². The summed E-state index contributed by atoms with van der Waals surface area (Å²) in [5.74, 6) is -0.0563. The molecule has 0 bridgehead atoms. The molecule has 23 heavy (non-hydrogen) atoms. The fraction of sp³-hybridized carbons (Fsp3) is 0.286. The van der Waals surface area contributed by atoms with Crippen LogP contribution in [0.15, 0.2) is 36.5 Å². The second-order valence-electron chi connectivity index (χ2n) is 4.89. The van der Waals surface area contributed by atoms with Gasteiger partial charge in [-0.15, -0.1) is 15.7 Å². The molecule has 0 saturated heterocycles. The fourth-order valence-electron chi connectivity index (χ4n) is 2.24. The zero-order valence-electron chi connectivity index (χ0n) is 12.1. The van der Waals surface area contributed by atoms with Crippen molar-refractivity contribution in [1.82, 2.24) is 0 Å². The Bertz CT molecular complexity index is 627. The average Bonchev–Trinajstić information content (AvgIpc) is 2.88. The number of nitrogens with one attached hydrogen (secondary N) is 1. The largest absolute Gasteiger partial charge is 0.306 e. The molecule has 1 amide bonds. The number of rotatable bonds is 2. The highest BCUT2D eigenvalue weighted by Gasteiger charge is 2.21. The molecule has 0 atom stereocenters. The fourth-order valence-corrected chi connectivity index (χ4v) is 3.29. The van der Waals surface area contributed by atoms with Crippen molar-refractivity contribution < 1.29 is 37.7 Å². The third kappa shape index (κ3) is 6.22. The van der Waals surface area contributed by atoms with Crippen LogP contribution in [0, 0.1) is 10.2 Å². The van der Waals surface area contributed by atoms with Gasteiger partial charge in [0.1, 0.15) is 0 Å². The van der Waals surface area contributed by atoms with E-state index >= 15 is 0 Å². The van der Waals surface area contributed by atoms with Gasteiger partial charge in [-0.05, 0) is 41.9 Å². The van der Waals surface area contributed by atoms with Crippen LogP contribution in [0.4, 0.5) is 0 Å². The highest BCUT2D eigenvalue weighted by molar-refractivity contribution is 7.02. The summed E-state index contributed by atoms with van der Waals surface area (Å²) in [6.07, 6.45) is 6.87. The van der Waals surface area contributed by atoms with Crippen LogP contribution in [0.25, 0.3) is 0 Å². The highest BCUT2D eigenvalue weighted by Crippen LogP contribution is 2.22. The Hall–Kier alpha value is -1.55. The van der Waals surface area contributed by atoms with E-state index in [0.717, 1.165) is 12.8 Å². The van der Waals surface area contributed by atoms with Crippen molar-refractivity contribution in [2.75, 3.05) is 5.43 Å². The number of aromatic nitrogens is 1. The number of hydrogen-bond donors (Lipinski definition) is 1. The molecule has 0 fully saturated rings. The molecule has 0 unspecified atom stereocenters. The first-order valence-electron chi connectivity index (χ1n) is 6.85. The predicted octanol–water partition coefficient (Wildman–Crippen LogP) is -2.46. The van der Waals surface area contributed by atoms with Crippen molar-refractivity contribution in [2.45, 2.75) is 25.7 Å². The molecule has 124 valence electrons. The van der Waals surface area contributed by atoms with Crippen molar-refractivity contribution in [3.63, 3.8) is 0 Å². The number of benzene rings is 1.